The van der Waals surface area contributed by atoms with Crippen LogP contribution in [0.25, 0.3) is 0 Å². The van der Waals surface area contributed by atoms with E-state index in [2.05, 4.69) is 39.5 Å². The van der Waals surface area contributed by atoms with Crippen molar-refractivity contribution in [3.63, 3.8) is 0 Å². The molecule has 2 fully saturated rings. The largest absolute Gasteiger partial charge is 0.381 e. The van der Waals surface area contributed by atoms with Gasteiger partial charge < -0.3 is 9.64 Å². The molecule has 3 unspecified atom stereocenters. The highest BCUT2D eigenvalue weighted by Crippen LogP contribution is 2.36. The van der Waals surface area contributed by atoms with Gasteiger partial charge in [0.2, 0.25) is 5.91 Å². The molecule has 0 bridgehead atoms. The zero-order chi connectivity index (χ0) is 14.9. The molecule has 116 valence electrons. The molecular formula is C17H31NO2. The van der Waals surface area contributed by atoms with Crippen LogP contribution in [0.2, 0.25) is 0 Å². The fraction of sp³-hybridized carbons (Fsp3) is 0.941. The first-order valence-electron chi connectivity index (χ1n) is 8.33. The third-order valence-electron chi connectivity index (χ3n) is 5.48. The molecule has 0 saturated carbocycles. The fourth-order valence-corrected chi connectivity index (χ4v) is 4.22. The van der Waals surface area contributed by atoms with Crippen molar-refractivity contribution in [2.45, 2.75) is 66.0 Å². The highest BCUT2D eigenvalue weighted by molar-refractivity contribution is 5.80. The molecular weight excluding hydrogens is 250 g/mol. The molecule has 2 heterocycles. The molecule has 2 aliphatic heterocycles. The Labute approximate surface area is 124 Å². The van der Waals surface area contributed by atoms with E-state index in [4.69, 9.17) is 4.74 Å². The van der Waals surface area contributed by atoms with Crippen LogP contribution < -0.4 is 0 Å². The topological polar surface area (TPSA) is 29.5 Å². The standard InChI is InChI=1S/C17H31NO2/c1-11(2)16(15-6-8-20-9-7-15)17(19)18-13(4)10-12(3)14(18)5/h11-16H,6-10H2,1-5H3/t12?,13-,14?,16?/m1/s1. The molecule has 1 amide bonds. The molecule has 0 aromatic carbocycles. The molecule has 2 rings (SSSR count). The smallest absolute Gasteiger partial charge is 0.226 e. The maximum atomic E-state index is 13.1. The van der Waals surface area contributed by atoms with Gasteiger partial charge in [-0.3, -0.25) is 4.79 Å². The third kappa shape index (κ3) is 3.03. The van der Waals surface area contributed by atoms with E-state index in [0.29, 0.717) is 35.7 Å². The van der Waals surface area contributed by atoms with Crippen molar-refractivity contribution in [2.75, 3.05) is 13.2 Å². The van der Waals surface area contributed by atoms with Crippen molar-refractivity contribution in [3.8, 4) is 0 Å². The minimum atomic E-state index is 0.175. The average molecular weight is 281 g/mol. The number of carbonyl (C=O) groups is 1. The maximum Gasteiger partial charge on any atom is 0.226 e. The zero-order valence-electron chi connectivity index (χ0n) is 13.8. The van der Waals surface area contributed by atoms with Crippen LogP contribution in [0.5, 0.6) is 0 Å². The first kappa shape index (κ1) is 15.8. The van der Waals surface area contributed by atoms with Crippen molar-refractivity contribution >= 4 is 5.91 Å². The van der Waals surface area contributed by atoms with Gasteiger partial charge in [-0.2, -0.15) is 0 Å². The Morgan fingerprint density at radius 3 is 2.20 bits per heavy atom. The Morgan fingerprint density at radius 1 is 1.15 bits per heavy atom. The van der Waals surface area contributed by atoms with E-state index in [1.165, 1.54) is 0 Å². The first-order chi connectivity index (χ1) is 9.43. The summed E-state index contributed by atoms with van der Waals surface area (Å²) in [6, 6.07) is 0.784. The monoisotopic (exact) mass is 281 g/mol. The SMILES string of the molecule is CC(C)C(C(=O)N1C(C)C(C)C[C@H]1C)C1CCOCC1. The summed E-state index contributed by atoms with van der Waals surface area (Å²) in [6.45, 7) is 12.7. The fourth-order valence-electron chi connectivity index (χ4n) is 4.22. The number of rotatable bonds is 3. The minimum absolute atomic E-state index is 0.175. The summed E-state index contributed by atoms with van der Waals surface area (Å²) in [6.07, 6.45) is 3.23. The van der Waals surface area contributed by atoms with Crippen molar-refractivity contribution in [3.05, 3.63) is 0 Å². The zero-order valence-corrected chi connectivity index (χ0v) is 13.8. The van der Waals surface area contributed by atoms with Crippen LogP contribution in [-0.2, 0) is 9.53 Å². The van der Waals surface area contributed by atoms with Crippen molar-refractivity contribution < 1.29 is 9.53 Å². The lowest BCUT2D eigenvalue weighted by Gasteiger charge is -2.37. The number of amides is 1. The van der Waals surface area contributed by atoms with E-state index in [9.17, 15) is 4.79 Å². The van der Waals surface area contributed by atoms with Crippen LogP contribution in [0.4, 0.5) is 0 Å². The van der Waals surface area contributed by atoms with Gasteiger partial charge in [0.1, 0.15) is 0 Å². The molecule has 0 aromatic heterocycles. The van der Waals surface area contributed by atoms with Crippen LogP contribution in [0.1, 0.15) is 53.9 Å². The predicted molar refractivity (Wildman–Crippen MR) is 81.4 cm³/mol. The second-order valence-electron chi connectivity index (χ2n) is 7.27. The number of hydrogen-bond acceptors (Lipinski definition) is 2. The molecule has 2 saturated heterocycles. The lowest BCUT2D eigenvalue weighted by atomic mass is 9.78. The summed E-state index contributed by atoms with van der Waals surface area (Å²) in [5.74, 6) is 2.12. The molecule has 4 atom stereocenters. The van der Waals surface area contributed by atoms with Crippen molar-refractivity contribution in [2.24, 2.45) is 23.7 Å². The van der Waals surface area contributed by atoms with Crippen LogP contribution in [-0.4, -0.2) is 36.1 Å². The average Bonchev–Trinajstić information content (AvgIpc) is 2.64. The van der Waals surface area contributed by atoms with Crippen LogP contribution in [0, 0.1) is 23.7 Å². The summed E-state index contributed by atoms with van der Waals surface area (Å²) >= 11 is 0. The summed E-state index contributed by atoms with van der Waals surface area (Å²) < 4.78 is 5.47. The van der Waals surface area contributed by atoms with Crippen molar-refractivity contribution in [1.29, 1.82) is 0 Å². The van der Waals surface area contributed by atoms with Gasteiger partial charge in [-0.1, -0.05) is 20.8 Å². The summed E-state index contributed by atoms with van der Waals surface area (Å²) in [4.78, 5) is 15.3. The second-order valence-corrected chi connectivity index (χ2v) is 7.27. The lowest BCUT2D eigenvalue weighted by molar-refractivity contribution is -0.143. The van der Waals surface area contributed by atoms with Gasteiger partial charge in [-0.25, -0.2) is 0 Å². The van der Waals surface area contributed by atoms with Crippen LogP contribution >= 0.6 is 0 Å². The van der Waals surface area contributed by atoms with E-state index < -0.39 is 0 Å². The summed E-state index contributed by atoms with van der Waals surface area (Å²) in [7, 11) is 0. The lowest BCUT2D eigenvalue weighted by Crippen LogP contribution is -2.47. The maximum absolute atomic E-state index is 13.1. The first-order valence-corrected chi connectivity index (χ1v) is 8.33. The van der Waals surface area contributed by atoms with Gasteiger partial charge >= 0.3 is 0 Å². The quantitative estimate of drug-likeness (QED) is 0.794. The van der Waals surface area contributed by atoms with Crippen LogP contribution in [0.3, 0.4) is 0 Å². The van der Waals surface area contributed by atoms with Gasteiger partial charge in [0.15, 0.2) is 0 Å². The molecule has 20 heavy (non-hydrogen) atoms. The number of ether oxygens (including phenoxy) is 1. The Morgan fingerprint density at radius 2 is 1.75 bits per heavy atom. The normalized spacial score (nSPS) is 33.7. The number of hydrogen-bond donors (Lipinski definition) is 0. The predicted octanol–water partition coefficient (Wildman–Crippen LogP) is 3.33. The molecule has 0 spiro atoms. The van der Waals surface area contributed by atoms with Gasteiger partial charge in [0.05, 0.1) is 0 Å². The third-order valence-corrected chi connectivity index (χ3v) is 5.48. The van der Waals surface area contributed by atoms with Crippen LogP contribution in [0.15, 0.2) is 0 Å². The number of carbonyl (C=O) groups excluding carboxylic acids is 1. The van der Waals surface area contributed by atoms with Gasteiger partial charge in [0, 0.05) is 31.2 Å². The molecule has 0 aromatic rings. The Hall–Kier alpha value is -0.570. The number of nitrogens with zero attached hydrogens (tertiary/aromatic N) is 1. The Kier molecular flexibility index (Phi) is 5.11. The highest BCUT2D eigenvalue weighted by atomic mass is 16.5. The molecule has 0 radical (unpaired) electrons. The Bertz CT molecular complexity index is 336. The molecule has 2 aliphatic rings. The molecule has 3 nitrogen and oxygen atoms in total. The van der Waals surface area contributed by atoms with Gasteiger partial charge in [0.25, 0.3) is 0 Å². The number of likely N-dealkylation sites (tertiary alicyclic amines) is 1. The second kappa shape index (κ2) is 6.46. The molecule has 0 N–H and O–H groups in total. The van der Waals surface area contributed by atoms with E-state index in [0.717, 1.165) is 32.5 Å². The summed E-state index contributed by atoms with van der Waals surface area (Å²) in [5, 5.41) is 0. The Balaban J connectivity index is 2.14. The molecule has 3 heteroatoms. The van der Waals surface area contributed by atoms with Gasteiger partial charge in [-0.05, 0) is 50.9 Å². The van der Waals surface area contributed by atoms with E-state index in [1.54, 1.807) is 0 Å². The highest BCUT2D eigenvalue weighted by Gasteiger charge is 2.42. The molecule has 0 aliphatic carbocycles. The van der Waals surface area contributed by atoms with E-state index in [-0.39, 0.29) is 5.92 Å². The van der Waals surface area contributed by atoms with Crippen molar-refractivity contribution in [1.82, 2.24) is 4.90 Å². The van der Waals surface area contributed by atoms with E-state index in [1.807, 2.05) is 0 Å². The summed E-state index contributed by atoms with van der Waals surface area (Å²) in [5.41, 5.74) is 0. The van der Waals surface area contributed by atoms with Gasteiger partial charge in [-0.15, -0.1) is 0 Å². The van der Waals surface area contributed by atoms with E-state index >= 15 is 0 Å². The minimum Gasteiger partial charge on any atom is -0.381 e.